The number of alkyl halides is 9. The van der Waals surface area contributed by atoms with Gasteiger partial charge in [0.15, 0.2) is 0 Å². The maximum atomic E-state index is 14.2. The molecule has 2 heterocycles. The Balaban J connectivity index is 0.000000154. The Morgan fingerprint density at radius 3 is 1.20 bits per heavy atom. The standard InChI is InChI=1S/C28H34F3NO3.C18H20BF3O3.C18H18BrF3O/c1-17-8-12-22(13-9-17)35-24-15-11-18-16-19(10-14-23(18)25(24)28(29,30)31)26(27(33)34)32-20-4-2-5-21(32)7-3-6-20;1-11-2-6-14(7-3-11)25-16-9-4-12-10-13(19(23)24)5-8-15(12)17(16)18(20,21)22;1-11-2-6-14(7-3-11)23-16-9-4-12-10-13(19)5-8-15(12)17(16)18(20,21)22/h10-11,14-17,20-22,26H,2-9,12-13H2,1H3,(H,33,34);4-5,8-11,14,23-24H,2-3,6-7H2,1H3;4-5,8-11,14H,2-3,6-7H2,1H3. The van der Waals surface area contributed by atoms with Crippen LogP contribution in [0.4, 0.5) is 39.5 Å². The highest BCUT2D eigenvalue weighted by atomic mass is 79.9. The summed E-state index contributed by atoms with van der Waals surface area (Å²) < 4.78 is 143. The third kappa shape index (κ3) is 15.1. The van der Waals surface area contributed by atoms with Gasteiger partial charge in [-0.1, -0.05) is 104 Å². The van der Waals surface area contributed by atoms with Gasteiger partial charge in [-0.3, -0.25) is 9.69 Å². The number of carbonyl (C=O) groups is 1. The van der Waals surface area contributed by atoms with E-state index in [1.807, 2.05) is 0 Å². The van der Waals surface area contributed by atoms with Gasteiger partial charge in [-0.2, -0.15) is 39.5 Å². The van der Waals surface area contributed by atoms with Gasteiger partial charge in [-0.05, 0) is 200 Å². The van der Waals surface area contributed by atoms with Crippen LogP contribution in [0.15, 0.2) is 95.5 Å². The first-order chi connectivity index (χ1) is 39.3. The highest BCUT2D eigenvalue weighted by molar-refractivity contribution is 9.10. The minimum absolute atomic E-state index is 0.00132. The molecule has 5 aliphatic rings. The minimum atomic E-state index is -4.57. The van der Waals surface area contributed by atoms with Crippen molar-refractivity contribution in [1.82, 2.24) is 4.90 Å². The third-order valence-electron chi connectivity index (χ3n) is 17.7. The fraction of sp³-hybridized carbons (Fsp3) is 0.516. The highest BCUT2D eigenvalue weighted by Gasteiger charge is 2.44. The summed E-state index contributed by atoms with van der Waals surface area (Å²) in [6.07, 6.45) is 2.51. The van der Waals surface area contributed by atoms with Crippen molar-refractivity contribution in [2.45, 2.75) is 191 Å². The molecule has 0 amide bonds. The van der Waals surface area contributed by atoms with Gasteiger partial charge in [-0.15, -0.1) is 0 Å². The molecule has 11 rings (SSSR count). The van der Waals surface area contributed by atoms with Crippen LogP contribution in [0.25, 0.3) is 32.3 Å². The summed E-state index contributed by atoms with van der Waals surface area (Å²) in [4.78, 5) is 14.6. The number of benzene rings is 6. The molecule has 0 radical (unpaired) electrons. The van der Waals surface area contributed by atoms with Crippen LogP contribution in [0.2, 0.25) is 0 Å². The zero-order chi connectivity index (χ0) is 59.5. The second-order valence-electron chi connectivity index (χ2n) is 23.9. The van der Waals surface area contributed by atoms with Gasteiger partial charge in [-0.25, -0.2) is 0 Å². The van der Waals surface area contributed by atoms with Crippen LogP contribution in [0, 0.1) is 17.8 Å². The molecule has 3 saturated carbocycles. The largest absolute Gasteiger partial charge is 0.490 e. The van der Waals surface area contributed by atoms with E-state index in [0.29, 0.717) is 39.5 Å². The number of carboxylic acid groups (broad SMARTS) is 1. The molecule has 83 heavy (non-hydrogen) atoms. The van der Waals surface area contributed by atoms with Crippen molar-refractivity contribution < 1.29 is 73.7 Å². The van der Waals surface area contributed by atoms with E-state index < -0.39 is 54.3 Å². The summed E-state index contributed by atoms with van der Waals surface area (Å²) >= 11 is 3.30. The molecule has 1 unspecified atom stereocenters. The van der Waals surface area contributed by atoms with Crippen LogP contribution < -0.4 is 19.7 Å². The van der Waals surface area contributed by atoms with Crippen LogP contribution in [-0.4, -0.2) is 63.5 Å². The molecule has 3 N–H and O–H groups in total. The Bertz CT molecular complexity index is 3180. The lowest BCUT2D eigenvalue weighted by atomic mass is 9.79. The van der Waals surface area contributed by atoms with Crippen molar-refractivity contribution in [2.24, 2.45) is 17.8 Å². The van der Waals surface area contributed by atoms with Gasteiger partial charge in [0, 0.05) is 16.6 Å². The number of hydrogen-bond donors (Lipinski definition) is 3. The molecule has 0 spiro atoms. The fourth-order valence-corrected chi connectivity index (χ4v) is 13.6. The summed E-state index contributed by atoms with van der Waals surface area (Å²) in [7, 11) is -1.72. The number of fused-ring (bicyclic) bond motifs is 5. The van der Waals surface area contributed by atoms with Gasteiger partial charge >= 0.3 is 31.6 Å². The Labute approximate surface area is 487 Å². The molecule has 3 aliphatic carbocycles. The van der Waals surface area contributed by atoms with Crippen molar-refractivity contribution in [2.75, 3.05) is 0 Å². The highest BCUT2D eigenvalue weighted by Crippen LogP contribution is 2.47. The number of carboxylic acids is 1. The number of hydrogen-bond acceptors (Lipinski definition) is 7. The predicted molar refractivity (Wildman–Crippen MR) is 308 cm³/mol. The average molecular weight is 1230 g/mol. The van der Waals surface area contributed by atoms with E-state index in [0.717, 1.165) is 120 Å². The monoisotopic (exact) mass is 1230 g/mol. The maximum Gasteiger partial charge on any atom is 0.488 e. The van der Waals surface area contributed by atoms with Crippen molar-refractivity contribution in [3.05, 3.63) is 118 Å². The summed E-state index contributed by atoms with van der Waals surface area (Å²) in [6.45, 7) is 6.47. The van der Waals surface area contributed by atoms with E-state index in [1.165, 1.54) is 54.6 Å². The lowest BCUT2D eigenvalue weighted by Crippen LogP contribution is -2.53. The number of rotatable bonds is 10. The molecule has 8 nitrogen and oxygen atoms in total. The van der Waals surface area contributed by atoms with Crippen LogP contribution in [0.1, 0.15) is 165 Å². The second kappa shape index (κ2) is 26.2. The first-order valence-electron chi connectivity index (χ1n) is 29.3. The topological polar surface area (TPSA) is 109 Å². The number of aliphatic carboxylic acids is 1. The molecular weight excluding hydrogens is 1160 g/mol. The molecule has 2 bridgehead atoms. The van der Waals surface area contributed by atoms with E-state index in [-0.39, 0.29) is 69.3 Å². The maximum absolute atomic E-state index is 14.2. The zero-order valence-corrected chi connectivity index (χ0v) is 48.4. The van der Waals surface area contributed by atoms with Crippen molar-refractivity contribution in [3.63, 3.8) is 0 Å². The van der Waals surface area contributed by atoms with Gasteiger partial charge in [0.25, 0.3) is 0 Å². The fourth-order valence-electron chi connectivity index (χ4n) is 13.2. The van der Waals surface area contributed by atoms with E-state index in [4.69, 9.17) is 14.2 Å². The second-order valence-corrected chi connectivity index (χ2v) is 24.8. The molecule has 6 aromatic carbocycles. The van der Waals surface area contributed by atoms with Crippen LogP contribution in [0.3, 0.4) is 0 Å². The molecule has 1 atom stereocenters. The third-order valence-corrected chi connectivity index (χ3v) is 18.2. The van der Waals surface area contributed by atoms with Gasteiger partial charge in [0.1, 0.15) is 40.0 Å². The smallest absolute Gasteiger partial charge is 0.488 e. The number of piperidine rings is 2. The summed E-state index contributed by atoms with van der Waals surface area (Å²) in [5.41, 5.74) is -1.53. The van der Waals surface area contributed by atoms with Crippen LogP contribution >= 0.6 is 15.9 Å². The van der Waals surface area contributed by atoms with Crippen molar-refractivity contribution in [1.29, 1.82) is 0 Å². The van der Waals surface area contributed by atoms with Gasteiger partial charge < -0.3 is 29.4 Å². The first-order valence-corrected chi connectivity index (χ1v) is 30.0. The number of ether oxygens (including phenoxy) is 3. The SMILES string of the molecule is CC1CCC(Oc2ccc3cc(B(O)O)ccc3c2C(F)(F)F)CC1.CC1CCC(Oc2ccc3cc(Br)ccc3c2C(F)(F)F)CC1.CC1CCC(Oc2ccc3cc(C(C(=O)O)N4C5CCCC4CCC5)ccc3c2C(F)(F)F)CC1. The van der Waals surface area contributed by atoms with E-state index in [9.17, 15) is 59.5 Å². The van der Waals surface area contributed by atoms with Crippen molar-refractivity contribution in [3.8, 4) is 17.2 Å². The summed E-state index contributed by atoms with van der Waals surface area (Å²) in [5.74, 6) is 0.522. The normalized spacial score (nSPS) is 24.7. The molecule has 448 valence electrons. The number of halogens is 10. The molecule has 6 aromatic rings. The minimum Gasteiger partial charge on any atom is -0.490 e. The van der Waals surface area contributed by atoms with E-state index >= 15 is 0 Å². The molecular formula is C64H72BBrF9NO7. The first kappa shape index (κ1) is 62.3. The molecule has 19 heteroatoms. The van der Waals surface area contributed by atoms with E-state index in [1.54, 1.807) is 36.4 Å². The van der Waals surface area contributed by atoms with Gasteiger partial charge in [0.05, 0.1) is 18.3 Å². The lowest BCUT2D eigenvalue weighted by molar-refractivity contribution is -0.148. The Kier molecular flexibility index (Phi) is 19.6. The Morgan fingerprint density at radius 1 is 0.494 bits per heavy atom. The lowest BCUT2D eigenvalue weighted by Gasteiger charge is -2.48. The zero-order valence-electron chi connectivity index (χ0n) is 46.9. The molecule has 5 fully saturated rings. The summed E-state index contributed by atoms with van der Waals surface area (Å²) in [5, 5.41) is 30.1. The molecule has 2 saturated heterocycles. The van der Waals surface area contributed by atoms with Crippen LogP contribution in [0.5, 0.6) is 17.2 Å². The Hall–Kier alpha value is -5.24. The Morgan fingerprint density at radius 2 is 0.843 bits per heavy atom. The summed E-state index contributed by atoms with van der Waals surface area (Å²) in [6, 6.07) is 22.0. The van der Waals surface area contributed by atoms with Crippen LogP contribution in [-0.2, 0) is 23.3 Å². The number of nitrogens with zero attached hydrogens (tertiary/aromatic N) is 1. The quantitative estimate of drug-likeness (QED) is 0.0920. The van der Waals surface area contributed by atoms with Gasteiger partial charge in [0.2, 0.25) is 0 Å². The van der Waals surface area contributed by atoms with Crippen molar-refractivity contribution >= 4 is 66.8 Å². The predicted octanol–water partition coefficient (Wildman–Crippen LogP) is 17.4. The van der Waals surface area contributed by atoms with E-state index in [2.05, 4.69) is 41.6 Å². The molecule has 2 aliphatic heterocycles. The molecule has 0 aromatic heterocycles. The average Bonchev–Trinajstić information content (AvgIpc) is 3.10.